The molecule has 25 heavy (non-hydrogen) atoms. The Morgan fingerprint density at radius 2 is 1.92 bits per heavy atom. The topological polar surface area (TPSA) is 65.1 Å². The van der Waals surface area contributed by atoms with Gasteiger partial charge in [-0.05, 0) is 23.7 Å². The number of hydrogen-bond acceptors (Lipinski definition) is 5. The number of hydrogen-bond donors (Lipinski definition) is 0. The van der Waals surface area contributed by atoms with Crippen LogP contribution in [0.3, 0.4) is 0 Å². The number of esters is 1. The fourth-order valence-electron chi connectivity index (χ4n) is 2.09. The summed E-state index contributed by atoms with van der Waals surface area (Å²) in [6.45, 7) is 10.8. The molecule has 7 heteroatoms. The number of ether oxygens (including phenoxy) is 2. The van der Waals surface area contributed by atoms with Gasteiger partial charge < -0.3 is 13.9 Å². The fourth-order valence-corrected chi connectivity index (χ4v) is 3.10. The Labute approximate surface area is 150 Å². The minimum atomic E-state index is -2.02. The summed E-state index contributed by atoms with van der Waals surface area (Å²) in [5, 5.41) is 0.0220. The van der Waals surface area contributed by atoms with Crippen molar-refractivity contribution in [3.63, 3.8) is 0 Å². The number of rotatable bonds is 5. The zero-order valence-electron chi connectivity index (χ0n) is 15.6. The second kappa shape index (κ2) is 7.57. The van der Waals surface area contributed by atoms with E-state index in [1.807, 2.05) is 30.3 Å². The van der Waals surface area contributed by atoms with Gasteiger partial charge in [0.15, 0.2) is 21.1 Å². The molecule has 6 nitrogen and oxygen atoms in total. The van der Waals surface area contributed by atoms with Crippen molar-refractivity contribution in [3.05, 3.63) is 35.9 Å². The highest BCUT2D eigenvalue weighted by Gasteiger charge is 2.43. The van der Waals surface area contributed by atoms with E-state index in [0.717, 1.165) is 5.56 Å². The summed E-state index contributed by atoms with van der Waals surface area (Å²) in [6.07, 6.45) is -0.571. The van der Waals surface area contributed by atoms with Gasteiger partial charge in [0.05, 0.1) is 6.61 Å². The highest BCUT2D eigenvalue weighted by atomic mass is 28.4. The van der Waals surface area contributed by atoms with Crippen molar-refractivity contribution in [1.82, 2.24) is 4.90 Å². The van der Waals surface area contributed by atoms with Gasteiger partial charge in [0.1, 0.15) is 6.61 Å². The summed E-state index contributed by atoms with van der Waals surface area (Å²) >= 11 is 0. The summed E-state index contributed by atoms with van der Waals surface area (Å²) in [5.74, 6) is -0.449. The summed E-state index contributed by atoms with van der Waals surface area (Å²) in [5.41, 5.74) is 0.886. The zero-order chi connectivity index (χ0) is 18.7. The van der Waals surface area contributed by atoms with Crippen LogP contribution in [0.25, 0.3) is 0 Å². The predicted octanol–water partition coefficient (Wildman–Crippen LogP) is 3.53. The molecule has 0 aliphatic carbocycles. The number of benzene rings is 1. The maximum absolute atomic E-state index is 12.3. The Kier molecular flexibility index (Phi) is 5.90. The van der Waals surface area contributed by atoms with E-state index in [0.29, 0.717) is 0 Å². The second-order valence-electron chi connectivity index (χ2n) is 7.69. The van der Waals surface area contributed by atoms with Crippen LogP contribution in [0.4, 0.5) is 4.79 Å². The number of carbonyl (C=O) groups excluding carboxylic acids is 2. The van der Waals surface area contributed by atoms with Crippen LogP contribution in [0.15, 0.2) is 30.3 Å². The molecule has 1 heterocycles. The minimum absolute atomic E-state index is 0.0220. The van der Waals surface area contributed by atoms with Crippen molar-refractivity contribution < 1.29 is 23.5 Å². The molecule has 0 saturated carbocycles. The average Bonchev–Trinajstić information content (AvgIpc) is 2.91. The molecule has 0 N–H and O–H groups in total. The maximum atomic E-state index is 12.3. The van der Waals surface area contributed by atoms with Crippen molar-refractivity contribution in [3.8, 4) is 0 Å². The lowest BCUT2D eigenvalue weighted by molar-refractivity contribution is -0.139. The third kappa shape index (κ3) is 4.82. The van der Waals surface area contributed by atoms with Gasteiger partial charge in [0, 0.05) is 0 Å². The molecule has 2 rings (SSSR count). The fraction of sp³-hybridized carbons (Fsp3) is 0.556. The highest BCUT2D eigenvalue weighted by Crippen LogP contribution is 2.36. The first-order chi connectivity index (χ1) is 11.6. The van der Waals surface area contributed by atoms with E-state index >= 15 is 0 Å². The van der Waals surface area contributed by atoms with Crippen LogP contribution in [0.2, 0.25) is 18.1 Å². The smallest absolute Gasteiger partial charge is 0.413 e. The van der Waals surface area contributed by atoms with Crippen LogP contribution in [0.5, 0.6) is 0 Å². The van der Waals surface area contributed by atoms with Crippen molar-refractivity contribution in [2.45, 2.75) is 51.6 Å². The summed E-state index contributed by atoms with van der Waals surface area (Å²) in [7, 11) is -2.02. The summed E-state index contributed by atoms with van der Waals surface area (Å²) < 4.78 is 16.4. The van der Waals surface area contributed by atoms with Gasteiger partial charge >= 0.3 is 12.1 Å². The van der Waals surface area contributed by atoms with Crippen LogP contribution < -0.4 is 0 Å². The summed E-state index contributed by atoms with van der Waals surface area (Å²) in [4.78, 5) is 25.6. The first-order valence-electron chi connectivity index (χ1n) is 8.40. The molecule has 0 spiro atoms. The predicted molar refractivity (Wildman–Crippen MR) is 96.4 cm³/mol. The molecule has 1 saturated heterocycles. The SMILES string of the molecule is CC(C)(C)[Si](C)(C)OC[C@H]1C(=O)OCN1C(=O)OCc1ccccc1. The van der Waals surface area contributed by atoms with Crippen molar-refractivity contribution in [2.24, 2.45) is 0 Å². The van der Waals surface area contributed by atoms with E-state index in [-0.39, 0.29) is 25.0 Å². The molecule has 0 bridgehead atoms. The maximum Gasteiger partial charge on any atom is 0.413 e. The van der Waals surface area contributed by atoms with Crippen molar-refractivity contribution in [1.29, 1.82) is 0 Å². The van der Waals surface area contributed by atoms with E-state index < -0.39 is 26.4 Å². The monoisotopic (exact) mass is 365 g/mol. The lowest BCUT2D eigenvalue weighted by atomic mass is 10.2. The Morgan fingerprint density at radius 3 is 2.52 bits per heavy atom. The highest BCUT2D eigenvalue weighted by molar-refractivity contribution is 6.74. The van der Waals surface area contributed by atoms with E-state index in [2.05, 4.69) is 33.9 Å². The van der Waals surface area contributed by atoms with Gasteiger partial charge in [-0.1, -0.05) is 51.1 Å². The molecule has 138 valence electrons. The van der Waals surface area contributed by atoms with Crippen LogP contribution in [0, 0.1) is 0 Å². The largest absolute Gasteiger partial charge is 0.444 e. The van der Waals surface area contributed by atoms with E-state index in [1.54, 1.807) is 0 Å². The molecule has 1 aromatic carbocycles. The van der Waals surface area contributed by atoms with Crippen LogP contribution in [-0.2, 0) is 25.3 Å². The first kappa shape index (κ1) is 19.5. The lowest BCUT2D eigenvalue weighted by Gasteiger charge is -2.37. The molecular formula is C18H27NO5Si. The Balaban J connectivity index is 1.95. The van der Waals surface area contributed by atoms with Gasteiger partial charge in [0.2, 0.25) is 0 Å². The molecule has 1 aliphatic heterocycles. The van der Waals surface area contributed by atoms with Crippen LogP contribution in [0.1, 0.15) is 26.3 Å². The second-order valence-corrected chi connectivity index (χ2v) is 12.5. The lowest BCUT2D eigenvalue weighted by Crippen LogP contribution is -2.47. The molecular weight excluding hydrogens is 338 g/mol. The van der Waals surface area contributed by atoms with Gasteiger partial charge in [-0.15, -0.1) is 0 Å². The average molecular weight is 366 g/mol. The van der Waals surface area contributed by atoms with Gasteiger partial charge in [0.25, 0.3) is 0 Å². The normalized spacial score (nSPS) is 18.2. The number of nitrogens with zero attached hydrogens (tertiary/aromatic N) is 1. The van der Waals surface area contributed by atoms with Crippen molar-refractivity contribution in [2.75, 3.05) is 13.3 Å². The van der Waals surface area contributed by atoms with Gasteiger partial charge in [-0.25, -0.2) is 9.59 Å². The van der Waals surface area contributed by atoms with E-state index in [9.17, 15) is 9.59 Å². The molecule has 1 aromatic rings. The Hall–Kier alpha value is -1.86. The Bertz CT molecular complexity index is 612. The number of carbonyl (C=O) groups is 2. The quantitative estimate of drug-likeness (QED) is 0.590. The van der Waals surface area contributed by atoms with Gasteiger partial charge in [-0.2, -0.15) is 0 Å². The zero-order valence-corrected chi connectivity index (χ0v) is 16.6. The molecule has 1 fully saturated rings. The third-order valence-electron chi connectivity index (χ3n) is 4.84. The number of amides is 1. The Morgan fingerprint density at radius 1 is 1.28 bits per heavy atom. The van der Waals surface area contributed by atoms with Gasteiger partial charge in [-0.3, -0.25) is 4.90 Å². The minimum Gasteiger partial charge on any atom is -0.444 e. The number of cyclic esters (lactones) is 1. The van der Waals surface area contributed by atoms with E-state index in [4.69, 9.17) is 13.9 Å². The molecule has 1 atom stereocenters. The summed E-state index contributed by atoms with van der Waals surface area (Å²) in [6, 6.07) is 8.64. The van der Waals surface area contributed by atoms with Crippen molar-refractivity contribution >= 4 is 20.4 Å². The molecule has 0 unspecified atom stereocenters. The molecule has 1 aliphatic rings. The molecule has 0 radical (unpaired) electrons. The molecule has 0 aromatic heterocycles. The van der Waals surface area contributed by atoms with E-state index in [1.165, 1.54) is 4.90 Å². The standard InChI is InChI=1S/C18H27NO5Si/c1-18(2,3)25(4,5)24-12-15-16(20)23-13-19(15)17(21)22-11-14-9-7-6-8-10-14/h6-10,15H,11-13H2,1-5H3/t15-/m0/s1. The first-order valence-corrected chi connectivity index (χ1v) is 11.3. The van der Waals surface area contributed by atoms with Crippen LogP contribution >= 0.6 is 0 Å². The third-order valence-corrected chi connectivity index (χ3v) is 9.34. The molecule has 1 amide bonds. The van der Waals surface area contributed by atoms with Crippen LogP contribution in [-0.4, -0.2) is 44.7 Å².